The SMILES string of the molecule is COc1cccc2c(=CO)c3cc(C(=O)NOCc4ccccc4)cc(OC)c3c(=CO)c12. The Hall–Kier alpha value is -4.23. The van der Waals surface area contributed by atoms with E-state index in [1.807, 2.05) is 30.3 Å². The summed E-state index contributed by atoms with van der Waals surface area (Å²) >= 11 is 0. The molecule has 7 nitrogen and oxygen atoms in total. The second-order valence-electron chi connectivity index (χ2n) is 7.27. The molecule has 33 heavy (non-hydrogen) atoms. The molecule has 0 aliphatic rings. The first-order valence-electron chi connectivity index (χ1n) is 10.2. The van der Waals surface area contributed by atoms with Crippen LogP contribution in [0.4, 0.5) is 0 Å². The lowest BCUT2D eigenvalue weighted by Gasteiger charge is -2.14. The number of carbonyl (C=O) groups is 1. The molecule has 0 aliphatic heterocycles. The number of amides is 1. The van der Waals surface area contributed by atoms with Crippen molar-refractivity contribution >= 4 is 40.0 Å². The minimum Gasteiger partial charge on any atom is -0.515 e. The van der Waals surface area contributed by atoms with Crippen LogP contribution in [0.25, 0.3) is 34.1 Å². The van der Waals surface area contributed by atoms with Gasteiger partial charge in [-0.1, -0.05) is 42.5 Å². The number of methoxy groups -OCH3 is 2. The van der Waals surface area contributed by atoms with Crippen molar-refractivity contribution in [3.63, 3.8) is 0 Å². The average Bonchev–Trinajstić information content (AvgIpc) is 2.86. The molecule has 3 N–H and O–H groups in total. The summed E-state index contributed by atoms with van der Waals surface area (Å²) in [5.41, 5.74) is 3.62. The van der Waals surface area contributed by atoms with E-state index in [2.05, 4.69) is 5.48 Å². The summed E-state index contributed by atoms with van der Waals surface area (Å²) in [6, 6.07) is 18.0. The van der Waals surface area contributed by atoms with Gasteiger partial charge in [0.15, 0.2) is 0 Å². The van der Waals surface area contributed by atoms with Gasteiger partial charge in [0.05, 0.1) is 33.4 Å². The number of carbonyl (C=O) groups excluding carboxylic acids is 1. The van der Waals surface area contributed by atoms with E-state index in [9.17, 15) is 15.0 Å². The fraction of sp³-hybridized carbons (Fsp3) is 0.115. The first-order chi connectivity index (χ1) is 16.1. The van der Waals surface area contributed by atoms with Crippen LogP contribution in [0.15, 0.2) is 60.7 Å². The Kier molecular flexibility index (Phi) is 6.33. The van der Waals surface area contributed by atoms with Crippen LogP contribution in [0.2, 0.25) is 0 Å². The third kappa shape index (κ3) is 4.02. The summed E-state index contributed by atoms with van der Waals surface area (Å²) in [7, 11) is 3.00. The summed E-state index contributed by atoms with van der Waals surface area (Å²) in [4.78, 5) is 18.2. The molecule has 4 aromatic carbocycles. The molecule has 0 saturated carbocycles. The maximum Gasteiger partial charge on any atom is 0.275 e. The van der Waals surface area contributed by atoms with Crippen LogP contribution in [-0.2, 0) is 11.4 Å². The van der Waals surface area contributed by atoms with Crippen molar-refractivity contribution < 1.29 is 29.3 Å². The van der Waals surface area contributed by atoms with E-state index in [4.69, 9.17) is 14.3 Å². The van der Waals surface area contributed by atoms with E-state index >= 15 is 0 Å². The van der Waals surface area contributed by atoms with E-state index < -0.39 is 5.91 Å². The van der Waals surface area contributed by atoms with Gasteiger partial charge in [0.1, 0.15) is 11.5 Å². The molecule has 0 aliphatic carbocycles. The minimum absolute atomic E-state index is 0.209. The van der Waals surface area contributed by atoms with E-state index in [1.165, 1.54) is 14.2 Å². The molecular weight excluding hydrogens is 422 g/mol. The standard InChI is InChI=1S/C26H23NO6/c1-31-22-10-6-9-18-20(13-28)19-11-17(12-23(32-2)25(19)21(14-29)24(18)22)26(30)27-33-15-16-7-4-3-5-8-16/h3-14,28-29H,15H2,1-2H3,(H,27,30). The van der Waals surface area contributed by atoms with Crippen molar-refractivity contribution in [2.24, 2.45) is 0 Å². The maximum atomic E-state index is 12.8. The molecule has 1 amide bonds. The molecule has 4 rings (SSSR count). The van der Waals surface area contributed by atoms with Crippen LogP contribution >= 0.6 is 0 Å². The molecule has 0 radical (unpaired) electrons. The highest BCUT2D eigenvalue weighted by atomic mass is 16.6. The van der Waals surface area contributed by atoms with E-state index in [0.717, 1.165) is 18.1 Å². The monoisotopic (exact) mass is 445 g/mol. The number of ether oxygens (including phenoxy) is 2. The third-order valence-electron chi connectivity index (χ3n) is 5.45. The van der Waals surface area contributed by atoms with Crippen molar-refractivity contribution in [2.75, 3.05) is 14.2 Å². The third-order valence-corrected chi connectivity index (χ3v) is 5.45. The molecule has 168 valence electrons. The van der Waals surface area contributed by atoms with Gasteiger partial charge < -0.3 is 19.7 Å². The molecule has 0 bridgehead atoms. The summed E-state index contributed by atoms with van der Waals surface area (Å²) < 4.78 is 11.1. The van der Waals surface area contributed by atoms with Crippen LogP contribution < -0.4 is 25.4 Å². The van der Waals surface area contributed by atoms with Gasteiger partial charge in [-0.15, -0.1) is 0 Å². The fourth-order valence-corrected chi connectivity index (χ4v) is 3.96. The number of nitrogens with one attached hydrogen (secondary N) is 1. The number of fused-ring (bicyclic) bond motifs is 2. The number of rotatable bonds is 6. The van der Waals surface area contributed by atoms with Crippen molar-refractivity contribution in [1.82, 2.24) is 5.48 Å². The number of hydrogen-bond acceptors (Lipinski definition) is 6. The smallest absolute Gasteiger partial charge is 0.275 e. The largest absolute Gasteiger partial charge is 0.515 e. The van der Waals surface area contributed by atoms with Crippen LogP contribution in [0, 0.1) is 0 Å². The first kappa shape index (κ1) is 22.0. The van der Waals surface area contributed by atoms with Crippen molar-refractivity contribution in [3.05, 3.63) is 82.2 Å². The van der Waals surface area contributed by atoms with Gasteiger partial charge in [0.25, 0.3) is 5.91 Å². The molecule has 0 spiro atoms. The van der Waals surface area contributed by atoms with Crippen LogP contribution in [-0.4, -0.2) is 30.3 Å². The lowest BCUT2D eigenvalue weighted by Crippen LogP contribution is -2.24. The summed E-state index contributed by atoms with van der Waals surface area (Å²) in [6.07, 6.45) is 1.94. The van der Waals surface area contributed by atoms with Crippen molar-refractivity contribution in [2.45, 2.75) is 6.61 Å². The fourth-order valence-electron chi connectivity index (χ4n) is 3.96. The van der Waals surface area contributed by atoms with Crippen molar-refractivity contribution in [1.29, 1.82) is 0 Å². The molecule has 0 saturated heterocycles. The van der Waals surface area contributed by atoms with Crippen LogP contribution in [0.3, 0.4) is 0 Å². The Bertz CT molecular complexity index is 1450. The molecule has 0 heterocycles. The molecular formula is C26H23NO6. The molecule has 4 aromatic rings. The number of hydroxylamine groups is 1. The predicted octanol–water partition coefficient (Wildman–Crippen LogP) is 3.46. The average molecular weight is 445 g/mol. The van der Waals surface area contributed by atoms with Crippen LogP contribution in [0.1, 0.15) is 15.9 Å². The van der Waals surface area contributed by atoms with E-state index in [-0.39, 0.29) is 12.2 Å². The quantitative estimate of drug-likeness (QED) is 0.311. The second-order valence-corrected chi connectivity index (χ2v) is 7.27. The van der Waals surface area contributed by atoms with Crippen LogP contribution in [0.5, 0.6) is 11.5 Å². The Labute approximate surface area is 189 Å². The highest BCUT2D eigenvalue weighted by Gasteiger charge is 2.17. The zero-order valence-corrected chi connectivity index (χ0v) is 18.2. The normalized spacial score (nSPS) is 12.3. The zero-order chi connectivity index (χ0) is 23.4. The Morgan fingerprint density at radius 1 is 0.848 bits per heavy atom. The highest BCUT2D eigenvalue weighted by molar-refractivity contribution is 6.07. The molecule has 0 atom stereocenters. The van der Waals surface area contributed by atoms with Gasteiger partial charge in [-0.25, -0.2) is 5.48 Å². The molecule has 0 aromatic heterocycles. The number of hydrogen-bond donors (Lipinski definition) is 3. The van der Waals surface area contributed by atoms with Gasteiger partial charge >= 0.3 is 0 Å². The van der Waals surface area contributed by atoms with Gasteiger partial charge in [0.2, 0.25) is 0 Å². The van der Waals surface area contributed by atoms with E-state index in [1.54, 1.807) is 30.3 Å². The Balaban J connectivity index is 1.86. The second kappa shape index (κ2) is 9.50. The number of benzene rings is 4. The topological polar surface area (TPSA) is 97.3 Å². The number of aliphatic hydroxyl groups is 2. The molecule has 0 fully saturated rings. The van der Waals surface area contributed by atoms with Crippen molar-refractivity contribution in [3.8, 4) is 11.5 Å². The Morgan fingerprint density at radius 3 is 2.21 bits per heavy atom. The Morgan fingerprint density at radius 2 is 1.55 bits per heavy atom. The lowest BCUT2D eigenvalue weighted by atomic mass is 9.95. The van der Waals surface area contributed by atoms with Gasteiger partial charge in [-0.2, -0.15) is 0 Å². The highest BCUT2D eigenvalue weighted by Crippen LogP contribution is 2.29. The molecule has 7 heteroatoms. The number of aliphatic hydroxyl groups excluding tert-OH is 2. The van der Waals surface area contributed by atoms with Gasteiger partial charge in [-0.05, 0) is 34.5 Å². The minimum atomic E-state index is -0.477. The van der Waals surface area contributed by atoms with Gasteiger partial charge in [-0.3, -0.25) is 9.63 Å². The van der Waals surface area contributed by atoms with Gasteiger partial charge in [0, 0.05) is 26.8 Å². The van der Waals surface area contributed by atoms with E-state index in [0.29, 0.717) is 43.5 Å². The predicted molar refractivity (Wildman–Crippen MR) is 127 cm³/mol. The first-order valence-corrected chi connectivity index (χ1v) is 10.2. The lowest BCUT2D eigenvalue weighted by molar-refractivity contribution is 0.0233. The summed E-state index contributed by atoms with van der Waals surface area (Å²) in [5, 5.41) is 23.5. The maximum absolute atomic E-state index is 12.8. The zero-order valence-electron chi connectivity index (χ0n) is 18.2. The summed E-state index contributed by atoms with van der Waals surface area (Å²) in [5.74, 6) is 0.392. The molecule has 0 unspecified atom stereocenters. The summed E-state index contributed by atoms with van der Waals surface area (Å²) in [6.45, 7) is 0.209.